The number of piperazine rings is 1. The molecule has 0 atom stereocenters. The molecule has 0 radical (unpaired) electrons. The summed E-state index contributed by atoms with van der Waals surface area (Å²) >= 11 is 12.0. The number of hydrogen-bond donors (Lipinski definition) is 1. The largest absolute Gasteiger partial charge is 0.322 e. The van der Waals surface area contributed by atoms with E-state index in [-0.39, 0.29) is 6.03 Å². The lowest BCUT2D eigenvalue weighted by Crippen LogP contribution is -2.49. The van der Waals surface area contributed by atoms with Crippen molar-refractivity contribution in [3.8, 4) is 0 Å². The van der Waals surface area contributed by atoms with Gasteiger partial charge in [-0.1, -0.05) is 29.3 Å². The Hall–Kier alpha value is -1.82. The molecule has 1 fully saturated rings. The Morgan fingerprint density at radius 1 is 1.12 bits per heavy atom. The standard InChI is InChI=1S/C17H18Cl2N4O/c18-13-4-5-16(15(19)11-13)21-17(24)23-9-7-22(8-10-23)12-14-3-1-2-6-20-14/h1-6,11H,7-10,12H2,(H,21,24). The summed E-state index contributed by atoms with van der Waals surface area (Å²) in [5, 5.41) is 3.81. The first-order valence-corrected chi connectivity index (χ1v) is 8.50. The second-order valence-electron chi connectivity index (χ2n) is 5.64. The number of halogens is 2. The van der Waals surface area contributed by atoms with Crippen molar-refractivity contribution in [2.45, 2.75) is 6.54 Å². The lowest BCUT2D eigenvalue weighted by atomic mass is 10.2. The van der Waals surface area contributed by atoms with E-state index in [1.54, 1.807) is 29.3 Å². The molecule has 1 saturated heterocycles. The van der Waals surface area contributed by atoms with E-state index < -0.39 is 0 Å². The van der Waals surface area contributed by atoms with E-state index in [2.05, 4.69) is 15.2 Å². The van der Waals surface area contributed by atoms with Crippen LogP contribution in [0.3, 0.4) is 0 Å². The number of amides is 2. The highest BCUT2D eigenvalue weighted by molar-refractivity contribution is 6.36. The van der Waals surface area contributed by atoms with E-state index in [0.717, 1.165) is 25.3 Å². The maximum Gasteiger partial charge on any atom is 0.321 e. The number of anilines is 1. The van der Waals surface area contributed by atoms with Crippen LogP contribution >= 0.6 is 23.2 Å². The van der Waals surface area contributed by atoms with Crippen LogP contribution in [0.2, 0.25) is 10.0 Å². The molecule has 126 valence electrons. The first-order valence-electron chi connectivity index (χ1n) is 7.75. The number of carbonyl (C=O) groups is 1. The SMILES string of the molecule is O=C(Nc1ccc(Cl)cc1Cl)N1CCN(Cc2ccccn2)CC1. The lowest BCUT2D eigenvalue weighted by Gasteiger charge is -2.34. The molecule has 0 spiro atoms. The number of hydrogen-bond acceptors (Lipinski definition) is 3. The van der Waals surface area contributed by atoms with E-state index in [1.165, 1.54) is 0 Å². The predicted molar refractivity (Wildman–Crippen MR) is 96.6 cm³/mol. The molecule has 7 heteroatoms. The van der Waals surface area contributed by atoms with Crippen LogP contribution in [0.15, 0.2) is 42.6 Å². The average Bonchev–Trinajstić information content (AvgIpc) is 2.59. The molecular weight excluding hydrogens is 347 g/mol. The third-order valence-electron chi connectivity index (χ3n) is 3.94. The fraction of sp³-hybridized carbons (Fsp3) is 0.294. The van der Waals surface area contributed by atoms with Crippen molar-refractivity contribution < 1.29 is 4.79 Å². The lowest BCUT2D eigenvalue weighted by molar-refractivity contribution is 0.142. The minimum Gasteiger partial charge on any atom is -0.322 e. The summed E-state index contributed by atoms with van der Waals surface area (Å²) in [5.41, 5.74) is 1.62. The highest BCUT2D eigenvalue weighted by Gasteiger charge is 2.21. The van der Waals surface area contributed by atoms with Crippen molar-refractivity contribution in [1.29, 1.82) is 0 Å². The molecule has 0 unspecified atom stereocenters. The normalized spacial score (nSPS) is 15.3. The maximum absolute atomic E-state index is 12.4. The van der Waals surface area contributed by atoms with Gasteiger partial charge >= 0.3 is 6.03 Å². The van der Waals surface area contributed by atoms with Gasteiger partial charge in [0, 0.05) is 43.9 Å². The second kappa shape index (κ2) is 7.83. The van der Waals surface area contributed by atoms with Gasteiger partial charge in [-0.3, -0.25) is 9.88 Å². The van der Waals surface area contributed by atoms with Gasteiger partial charge < -0.3 is 10.2 Å². The number of rotatable bonds is 3. The van der Waals surface area contributed by atoms with Gasteiger partial charge in [0.1, 0.15) is 0 Å². The summed E-state index contributed by atoms with van der Waals surface area (Å²) in [6.07, 6.45) is 1.80. The summed E-state index contributed by atoms with van der Waals surface area (Å²) < 4.78 is 0. The number of benzene rings is 1. The molecule has 24 heavy (non-hydrogen) atoms. The summed E-state index contributed by atoms with van der Waals surface area (Å²) in [4.78, 5) is 20.8. The molecule has 1 aliphatic heterocycles. The van der Waals surface area contributed by atoms with Crippen LogP contribution in [0.5, 0.6) is 0 Å². The van der Waals surface area contributed by atoms with E-state index in [9.17, 15) is 4.79 Å². The summed E-state index contributed by atoms with van der Waals surface area (Å²) in [7, 11) is 0. The van der Waals surface area contributed by atoms with Crippen LogP contribution in [0, 0.1) is 0 Å². The minimum absolute atomic E-state index is 0.142. The average molecular weight is 365 g/mol. The van der Waals surface area contributed by atoms with Crippen LogP contribution in [0.1, 0.15) is 5.69 Å². The smallest absolute Gasteiger partial charge is 0.321 e. The zero-order valence-corrected chi connectivity index (χ0v) is 14.6. The first kappa shape index (κ1) is 17.0. The minimum atomic E-state index is -0.142. The van der Waals surface area contributed by atoms with E-state index in [1.807, 2.05) is 18.2 Å². The number of urea groups is 1. The van der Waals surface area contributed by atoms with Crippen molar-refractivity contribution in [3.05, 3.63) is 58.3 Å². The van der Waals surface area contributed by atoms with Crippen molar-refractivity contribution >= 4 is 34.9 Å². The van der Waals surface area contributed by atoms with Crippen molar-refractivity contribution in [2.75, 3.05) is 31.5 Å². The number of carbonyl (C=O) groups excluding carboxylic acids is 1. The fourth-order valence-corrected chi connectivity index (χ4v) is 3.07. The number of nitrogens with one attached hydrogen (secondary N) is 1. The zero-order valence-electron chi connectivity index (χ0n) is 13.1. The van der Waals surface area contributed by atoms with Crippen LogP contribution in [-0.2, 0) is 6.54 Å². The fourth-order valence-electron chi connectivity index (χ4n) is 2.61. The predicted octanol–water partition coefficient (Wildman–Crippen LogP) is 3.74. The Labute approximate surface area is 151 Å². The van der Waals surface area contributed by atoms with Crippen molar-refractivity contribution in [1.82, 2.24) is 14.8 Å². The van der Waals surface area contributed by atoms with Crippen LogP contribution in [0.4, 0.5) is 10.5 Å². The van der Waals surface area contributed by atoms with Gasteiger partial charge in [0.05, 0.1) is 16.4 Å². The Morgan fingerprint density at radius 3 is 2.58 bits per heavy atom. The summed E-state index contributed by atoms with van der Waals surface area (Å²) in [6.45, 7) is 3.78. The number of aromatic nitrogens is 1. The third-order valence-corrected chi connectivity index (χ3v) is 4.49. The summed E-state index contributed by atoms with van der Waals surface area (Å²) in [5.74, 6) is 0. The van der Waals surface area contributed by atoms with Gasteiger partial charge in [0.25, 0.3) is 0 Å². The molecule has 1 N–H and O–H groups in total. The molecule has 2 heterocycles. The molecule has 5 nitrogen and oxygen atoms in total. The topological polar surface area (TPSA) is 48.5 Å². The number of nitrogens with zero attached hydrogens (tertiary/aromatic N) is 3. The second-order valence-corrected chi connectivity index (χ2v) is 6.48. The van der Waals surface area contributed by atoms with E-state index >= 15 is 0 Å². The van der Waals surface area contributed by atoms with Crippen molar-refractivity contribution in [3.63, 3.8) is 0 Å². The zero-order chi connectivity index (χ0) is 16.9. The Kier molecular flexibility index (Phi) is 5.56. The van der Waals surface area contributed by atoms with Crippen LogP contribution in [0.25, 0.3) is 0 Å². The molecule has 3 rings (SSSR count). The molecule has 2 amide bonds. The van der Waals surface area contributed by atoms with E-state index in [4.69, 9.17) is 23.2 Å². The third kappa shape index (κ3) is 4.38. The highest BCUT2D eigenvalue weighted by Crippen LogP contribution is 2.25. The first-order chi connectivity index (χ1) is 11.6. The number of pyridine rings is 1. The molecular formula is C17H18Cl2N4O. The van der Waals surface area contributed by atoms with Gasteiger partial charge in [0.15, 0.2) is 0 Å². The van der Waals surface area contributed by atoms with Gasteiger partial charge in [-0.25, -0.2) is 4.79 Å². The Morgan fingerprint density at radius 2 is 1.92 bits per heavy atom. The molecule has 0 bridgehead atoms. The summed E-state index contributed by atoms with van der Waals surface area (Å²) in [6, 6.07) is 10.8. The van der Waals surface area contributed by atoms with Crippen LogP contribution in [-0.4, -0.2) is 47.0 Å². The van der Waals surface area contributed by atoms with Gasteiger partial charge in [-0.05, 0) is 30.3 Å². The Bertz CT molecular complexity index is 703. The van der Waals surface area contributed by atoms with Gasteiger partial charge in [-0.15, -0.1) is 0 Å². The molecule has 1 aliphatic rings. The van der Waals surface area contributed by atoms with E-state index in [0.29, 0.717) is 28.8 Å². The van der Waals surface area contributed by atoms with Gasteiger partial charge in [0.2, 0.25) is 0 Å². The van der Waals surface area contributed by atoms with Crippen molar-refractivity contribution in [2.24, 2.45) is 0 Å². The Balaban J connectivity index is 1.51. The van der Waals surface area contributed by atoms with Crippen LogP contribution < -0.4 is 5.32 Å². The molecule has 2 aromatic rings. The highest BCUT2D eigenvalue weighted by atomic mass is 35.5. The molecule has 0 aliphatic carbocycles. The van der Waals surface area contributed by atoms with Gasteiger partial charge in [-0.2, -0.15) is 0 Å². The molecule has 0 saturated carbocycles. The maximum atomic E-state index is 12.4. The quantitative estimate of drug-likeness (QED) is 0.902. The molecule has 1 aromatic carbocycles. The monoisotopic (exact) mass is 364 g/mol. The molecule has 1 aromatic heterocycles.